The Morgan fingerprint density at radius 3 is 2.47 bits per heavy atom. The molecule has 2 aromatic rings. The predicted octanol–water partition coefficient (Wildman–Crippen LogP) is 2.14. The third kappa shape index (κ3) is 2.72. The number of aromatic nitrogens is 1. The van der Waals surface area contributed by atoms with Gasteiger partial charge in [0.2, 0.25) is 0 Å². The predicted molar refractivity (Wildman–Crippen MR) is 81.7 cm³/mol. The summed E-state index contributed by atoms with van der Waals surface area (Å²) in [6.07, 6.45) is 0. The summed E-state index contributed by atoms with van der Waals surface area (Å²) in [5, 5.41) is 3.25. The maximum Gasteiger partial charge on any atom is 0.185 e. The van der Waals surface area contributed by atoms with Gasteiger partial charge in [-0.1, -0.05) is 12.1 Å². The average molecular weight is 274 g/mol. The molecule has 100 valence electrons. The second kappa shape index (κ2) is 5.19. The van der Waals surface area contributed by atoms with E-state index in [2.05, 4.69) is 22.2 Å². The van der Waals surface area contributed by atoms with Crippen molar-refractivity contribution >= 4 is 22.2 Å². The van der Waals surface area contributed by atoms with Crippen molar-refractivity contribution in [1.82, 2.24) is 9.88 Å². The topological polar surface area (TPSA) is 45.4 Å². The molecule has 0 spiro atoms. The molecular formula is C14H18N4S. The van der Waals surface area contributed by atoms with E-state index in [1.807, 2.05) is 24.3 Å². The Balaban J connectivity index is 1.77. The molecule has 0 amide bonds. The molecule has 5 heteroatoms. The van der Waals surface area contributed by atoms with Crippen LogP contribution in [-0.2, 0) is 0 Å². The van der Waals surface area contributed by atoms with Crippen LogP contribution in [0.5, 0.6) is 0 Å². The van der Waals surface area contributed by atoms with Gasteiger partial charge in [-0.2, -0.15) is 0 Å². The zero-order valence-electron chi connectivity index (χ0n) is 11.0. The molecule has 2 heterocycles. The van der Waals surface area contributed by atoms with E-state index in [1.54, 1.807) is 11.3 Å². The largest absolute Gasteiger partial charge is 0.399 e. The summed E-state index contributed by atoms with van der Waals surface area (Å²) < 4.78 is 0. The lowest BCUT2D eigenvalue weighted by atomic mass is 10.1. The molecule has 1 aliphatic heterocycles. The Kier molecular flexibility index (Phi) is 3.40. The number of nitrogens with zero attached hydrogens (tertiary/aromatic N) is 3. The number of hydrogen-bond acceptors (Lipinski definition) is 5. The maximum absolute atomic E-state index is 5.71. The minimum Gasteiger partial charge on any atom is -0.399 e. The molecular weight excluding hydrogens is 256 g/mol. The fourth-order valence-electron chi connectivity index (χ4n) is 2.19. The molecule has 4 nitrogen and oxygen atoms in total. The molecule has 19 heavy (non-hydrogen) atoms. The van der Waals surface area contributed by atoms with Crippen LogP contribution in [0.2, 0.25) is 0 Å². The first-order chi connectivity index (χ1) is 9.22. The molecule has 0 aliphatic carbocycles. The first-order valence-electron chi connectivity index (χ1n) is 6.47. The van der Waals surface area contributed by atoms with Gasteiger partial charge in [0.15, 0.2) is 5.13 Å². The number of nitrogens with two attached hydrogens (primary N) is 1. The van der Waals surface area contributed by atoms with Crippen LogP contribution in [0.4, 0.5) is 10.8 Å². The third-order valence-corrected chi connectivity index (χ3v) is 4.37. The summed E-state index contributed by atoms with van der Waals surface area (Å²) in [5.41, 5.74) is 8.67. The number of piperazine rings is 1. The molecule has 0 unspecified atom stereocenters. The van der Waals surface area contributed by atoms with Gasteiger partial charge >= 0.3 is 0 Å². The highest BCUT2D eigenvalue weighted by atomic mass is 32.1. The SMILES string of the molecule is CN1CCN(c2nc(-c3ccc(N)cc3)cs2)CC1. The van der Waals surface area contributed by atoms with E-state index in [1.165, 1.54) is 0 Å². The van der Waals surface area contributed by atoms with Crippen LogP contribution < -0.4 is 10.6 Å². The smallest absolute Gasteiger partial charge is 0.185 e. The molecule has 1 aromatic heterocycles. The van der Waals surface area contributed by atoms with Crippen LogP contribution >= 0.6 is 11.3 Å². The summed E-state index contributed by atoms with van der Waals surface area (Å²) in [4.78, 5) is 9.46. The maximum atomic E-state index is 5.71. The van der Waals surface area contributed by atoms with Crippen molar-refractivity contribution in [3.05, 3.63) is 29.6 Å². The molecule has 0 saturated carbocycles. The van der Waals surface area contributed by atoms with Crippen molar-refractivity contribution in [2.24, 2.45) is 0 Å². The van der Waals surface area contributed by atoms with Crippen LogP contribution in [0.25, 0.3) is 11.3 Å². The quantitative estimate of drug-likeness (QED) is 0.852. The number of thiazole rings is 1. The summed E-state index contributed by atoms with van der Waals surface area (Å²) >= 11 is 1.72. The number of anilines is 2. The number of benzene rings is 1. The summed E-state index contributed by atoms with van der Waals surface area (Å²) in [6.45, 7) is 4.34. The Bertz CT molecular complexity index is 541. The minimum atomic E-state index is 0.790. The molecule has 0 atom stereocenters. The highest BCUT2D eigenvalue weighted by Gasteiger charge is 2.17. The fraction of sp³-hybridized carbons (Fsp3) is 0.357. The summed E-state index contributed by atoms with van der Waals surface area (Å²) in [6, 6.07) is 7.89. The van der Waals surface area contributed by atoms with E-state index in [0.29, 0.717) is 0 Å². The van der Waals surface area contributed by atoms with E-state index in [0.717, 1.165) is 48.3 Å². The summed E-state index contributed by atoms with van der Waals surface area (Å²) in [5.74, 6) is 0. The lowest BCUT2D eigenvalue weighted by Crippen LogP contribution is -2.44. The molecule has 0 radical (unpaired) electrons. The standard InChI is InChI=1S/C14H18N4S/c1-17-6-8-18(9-7-17)14-16-13(10-19-14)11-2-4-12(15)5-3-11/h2-5,10H,6-9,15H2,1H3. The lowest BCUT2D eigenvalue weighted by Gasteiger charge is -2.32. The van der Waals surface area contributed by atoms with Gasteiger partial charge in [-0.3, -0.25) is 0 Å². The molecule has 2 N–H and O–H groups in total. The van der Waals surface area contributed by atoms with E-state index in [-0.39, 0.29) is 0 Å². The Labute approximate surface area is 117 Å². The Morgan fingerprint density at radius 2 is 1.79 bits per heavy atom. The summed E-state index contributed by atoms with van der Waals surface area (Å²) in [7, 11) is 2.17. The number of likely N-dealkylation sites (N-methyl/N-ethyl adjacent to an activating group) is 1. The van der Waals surface area contributed by atoms with Gasteiger partial charge < -0.3 is 15.5 Å². The second-order valence-electron chi connectivity index (χ2n) is 4.93. The van der Waals surface area contributed by atoms with Gasteiger partial charge in [0.1, 0.15) is 0 Å². The van der Waals surface area contributed by atoms with Crippen molar-refractivity contribution in [3.8, 4) is 11.3 Å². The molecule has 3 rings (SSSR count). The molecule has 1 fully saturated rings. The van der Waals surface area contributed by atoms with Crippen LogP contribution in [-0.4, -0.2) is 43.1 Å². The van der Waals surface area contributed by atoms with Crippen molar-refractivity contribution in [2.75, 3.05) is 43.9 Å². The van der Waals surface area contributed by atoms with Crippen LogP contribution in [0.15, 0.2) is 29.6 Å². The van der Waals surface area contributed by atoms with Crippen LogP contribution in [0.3, 0.4) is 0 Å². The monoisotopic (exact) mass is 274 g/mol. The number of nitrogen functional groups attached to an aromatic ring is 1. The van der Waals surface area contributed by atoms with E-state index < -0.39 is 0 Å². The van der Waals surface area contributed by atoms with Crippen molar-refractivity contribution in [1.29, 1.82) is 0 Å². The first kappa shape index (κ1) is 12.4. The first-order valence-corrected chi connectivity index (χ1v) is 7.35. The van der Waals surface area contributed by atoms with E-state index in [4.69, 9.17) is 10.7 Å². The van der Waals surface area contributed by atoms with Gasteiger partial charge in [-0.05, 0) is 19.2 Å². The highest BCUT2D eigenvalue weighted by Crippen LogP contribution is 2.28. The van der Waals surface area contributed by atoms with Crippen molar-refractivity contribution in [3.63, 3.8) is 0 Å². The van der Waals surface area contributed by atoms with Gasteiger partial charge in [0.05, 0.1) is 5.69 Å². The lowest BCUT2D eigenvalue weighted by molar-refractivity contribution is 0.313. The molecule has 1 aliphatic rings. The zero-order valence-corrected chi connectivity index (χ0v) is 11.9. The van der Waals surface area contributed by atoms with Crippen molar-refractivity contribution < 1.29 is 0 Å². The third-order valence-electron chi connectivity index (χ3n) is 3.47. The molecule has 1 aromatic carbocycles. The average Bonchev–Trinajstić information content (AvgIpc) is 2.90. The van der Waals surface area contributed by atoms with Gasteiger partial charge in [0.25, 0.3) is 0 Å². The number of hydrogen-bond donors (Lipinski definition) is 1. The Hall–Kier alpha value is -1.59. The second-order valence-corrected chi connectivity index (χ2v) is 5.76. The van der Waals surface area contributed by atoms with Gasteiger partial charge in [0, 0.05) is 42.8 Å². The molecule has 1 saturated heterocycles. The Morgan fingerprint density at radius 1 is 1.11 bits per heavy atom. The fourth-order valence-corrected chi connectivity index (χ4v) is 3.08. The van der Waals surface area contributed by atoms with Gasteiger partial charge in [-0.15, -0.1) is 11.3 Å². The van der Waals surface area contributed by atoms with Crippen molar-refractivity contribution in [2.45, 2.75) is 0 Å². The number of rotatable bonds is 2. The van der Waals surface area contributed by atoms with E-state index >= 15 is 0 Å². The minimum absolute atomic E-state index is 0.790. The van der Waals surface area contributed by atoms with E-state index in [9.17, 15) is 0 Å². The highest BCUT2D eigenvalue weighted by molar-refractivity contribution is 7.14. The molecule has 0 bridgehead atoms. The van der Waals surface area contributed by atoms with Gasteiger partial charge in [-0.25, -0.2) is 4.98 Å². The normalized spacial score (nSPS) is 16.8. The zero-order chi connectivity index (χ0) is 13.2. The van der Waals surface area contributed by atoms with Crippen LogP contribution in [0.1, 0.15) is 0 Å². The van der Waals surface area contributed by atoms with Crippen LogP contribution in [0, 0.1) is 0 Å².